The topological polar surface area (TPSA) is 65.8 Å². The third-order valence-electron chi connectivity index (χ3n) is 6.25. The van der Waals surface area contributed by atoms with E-state index >= 15 is 0 Å². The molecule has 0 N–H and O–H groups in total. The molecular weight excluding hydrogens is 418 g/mol. The van der Waals surface area contributed by atoms with Crippen molar-refractivity contribution in [1.82, 2.24) is 14.7 Å². The minimum Gasteiger partial charge on any atom is -0.487 e. The van der Waals surface area contributed by atoms with Gasteiger partial charge in [-0.05, 0) is 48.7 Å². The van der Waals surface area contributed by atoms with Crippen LogP contribution >= 0.6 is 0 Å². The highest BCUT2D eigenvalue weighted by Gasteiger charge is 2.28. The third-order valence-corrected chi connectivity index (χ3v) is 6.25. The number of nitrogens with zero attached hydrogens (tertiary/aromatic N) is 3. The first-order valence-electron chi connectivity index (χ1n) is 11.4. The van der Waals surface area contributed by atoms with Crippen molar-refractivity contribution in [2.24, 2.45) is 7.05 Å². The van der Waals surface area contributed by atoms with E-state index in [2.05, 4.69) is 36.3 Å². The molecule has 33 heavy (non-hydrogen) atoms. The van der Waals surface area contributed by atoms with Crippen molar-refractivity contribution in [2.75, 3.05) is 26.4 Å². The lowest BCUT2D eigenvalue weighted by atomic mass is 9.97. The van der Waals surface area contributed by atoms with Crippen LogP contribution in [0.15, 0.2) is 42.5 Å². The first-order valence-corrected chi connectivity index (χ1v) is 11.4. The number of carbonyl (C=O) groups is 1. The molecule has 5 rings (SSSR count). The van der Waals surface area contributed by atoms with Crippen LogP contribution in [0.2, 0.25) is 0 Å². The first kappa shape index (κ1) is 21.5. The molecule has 0 spiro atoms. The van der Waals surface area contributed by atoms with Crippen LogP contribution < -0.4 is 9.47 Å². The Morgan fingerprint density at radius 3 is 2.73 bits per heavy atom. The average Bonchev–Trinajstić information content (AvgIpc) is 3.36. The largest absolute Gasteiger partial charge is 0.487 e. The summed E-state index contributed by atoms with van der Waals surface area (Å²) in [6.45, 7) is 6.60. The highest BCUT2D eigenvalue weighted by atomic mass is 16.6. The predicted molar refractivity (Wildman–Crippen MR) is 125 cm³/mol. The molecule has 0 radical (unpaired) electrons. The Bertz CT molecular complexity index is 1180. The molecule has 3 aromatic rings. The summed E-state index contributed by atoms with van der Waals surface area (Å²) in [5, 5.41) is 4.34. The Morgan fingerprint density at radius 1 is 1.15 bits per heavy atom. The van der Waals surface area contributed by atoms with Crippen LogP contribution in [0.3, 0.4) is 0 Å². The fraction of sp³-hybridized carbons (Fsp3) is 0.385. The van der Waals surface area contributed by atoms with Gasteiger partial charge in [-0.2, -0.15) is 5.10 Å². The summed E-state index contributed by atoms with van der Waals surface area (Å²) >= 11 is 0. The maximum atomic E-state index is 13.3. The number of aryl methyl sites for hydroxylation is 3. The van der Waals surface area contributed by atoms with Crippen molar-refractivity contribution in [3.05, 3.63) is 65.0 Å². The second-order valence-corrected chi connectivity index (χ2v) is 8.75. The van der Waals surface area contributed by atoms with E-state index in [1.807, 2.05) is 30.0 Å². The van der Waals surface area contributed by atoms with Gasteiger partial charge in [-0.1, -0.05) is 24.3 Å². The minimum absolute atomic E-state index is 0.00299. The van der Waals surface area contributed by atoms with Crippen LogP contribution in [-0.2, 0) is 18.3 Å². The highest BCUT2D eigenvalue weighted by molar-refractivity contribution is 5.92. The van der Waals surface area contributed by atoms with Gasteiger partial charge in [-0.3, -0.25) is 9.48 Å². The summed E-state index contributed by atoms with van der Waals surface area (Å²) in [6, 6.07) is 14.3. The summed E-state index contributed by atoms with van der Waals surface area (Å²) in [5.74, 6) is 1.38. The van der Waals surface area contributed by atoms with E-state index in [1.54, 1.807) is 11.7 Å². The Kier molecular flexibility index (Phi) is 5.81. The van der Waals surface area contributed by atoms with Gasteiger partial charge in [0.1, 0.15) is 18.4 Å². The van der Waals surface area contributed by atoms with Crippen LogP contribution in [-0.4, -0.2) is 53.1 Å². The van der Waals surface area contributed by atoms with Gasteiger partial charge in [0, 0.05) is 25.6 Å². The van der Waals surface area contributed by atoms with Gasteiger partial charge < -0.3 is 19.1 Å². The van der Waals surface area contributed by atoms with Gasteiger partial charge in [0.25, 0.3) is 5.91 Å². The monoisotopic (exact) mass is 447 g/mol. The summed E-state index contributed by atoms with van der Waals surface area (Å²) in [5.41, 5.74) is 5.70. The van der Waals surface area contributed by atoms with Gasteiger partial charge >= 0.3 is 0 Å². The zero-order valence-corrected chi connectivity index (χ0v) is 19.3. The number of hydrogen-bond donors (Lipinski definition) is 0. The predicted octanol–water partition coefficient (Wildman–Crippen LogP) is 3.91. The lowest BCUT2D eigenvalue weighted by Gasteiger charge is -2.21. The first-order chi connectivity index (χ1) is 16.0. The molecule has 0 aliphatic carbocycles. The summed E-state index contributed by atoms with van der Waals surface area (Å²) in [7, 11) is 1.80. The summed E-state index contributed by atoms with van der Waals surface area (Å²) < 4.78 is 19.7. The maximum absolute atomic E-state index is 13.3. The van der Waals surface area contributed by atoms with E-state index in [9.17, 15) is 4.79 Å². The van der Waals surface area contributed by atoms with Crippen LogP contribution in [0.1, 0.15) is 33.7 Å². The number of aromatic nitrogens is 2. The zero-order chi connectivity index (χ0) is 22.9. The van der Waals surface area contributed by atoms with Crippen molar-refractivity contribution < 1.29 is 19.0 Å². The molecule has 3 heterocycles. The van der Waals surface area contributed by atoms with E-state index in [-0.39, 0.29) is 12.0 Å². The normalized spacial score (nSPS) is 17.9. The standard InChI is InChI=1S/C26H29N3O4/c1-17-6-4-5-7-22(17)19-13-20-15-29(26(30)23-12-18(2)27-28(23)3)9-11-32-25(20)24(14-19)33-21-8-10-31-16-21/h4-7,12-14,21H,8-11,15-16H2,1-3H3/t21-/m1/s1. The SMILES string of the molecule is Cc1cc(C(=O)N2CCOc3c(cc(-c4ccccc4C)cc3O[C@@H]3CCOC3)C2)n(C)n1. The number of carbonyl (C=O) groups excluding carboxylic acids is 1. The van der Waals surface area contributed by atoms with Crippen LogP contribution in [0.5, 0.6) is 11.5 Å². The second kappa shape index (κ2) is 8.90. The van der Waals surface area contributed by atoms with E-state index in [0.29, 0.717) is 44.4 Å². The lowest BCUT2D eigenvalue weighted by Crippen LogP contribution is -2.33. The molecule has 2 aromatic carbocycles. The van der Waals surface area contributed by atoms with Gasteiger partial charge in [0.05, 0.1) is 25.5 Å². The molecule has 0 saturated carbocycles. The fourth-order valence-electron chi connectivity index (χ4n) is 4.56. The molecule has 2 aliphatic heterocycles. The molecule has 7 heteroatoms. The molecule has 1 fully saturated rings. The Hall–Kier alpha value is -3.32. The molecule has 0 unspecified atom stereocenters. The van der Waals surface area contributed by atoms with Gasteiger partial charge in [0.2, 0.25) is 0 Å². The number of rotatable bonds is 4. The van der Waals surface area contributed by atoms with Gasteiger partial charge in [0.15, 0.2) is 11.5 Å². The smallest absolute Gasteiger partial charge is 0.272 e. The average molecular weight is 448 g/mol. The molecule has 1 atom stereocenters. The molecule has 1 saturated heterocycles. The number of amides is 1. The minimum atomic E-state index is -0.0532. The number of hydrogen-bond acceptors (Lipinski definition) is 5. The third kappa shape index (κ3) is 4.33. The highest BCUT2D eigenvalue weighted by Crippen LogP contribution is 2.40. The molecular formula is C26H29N3O4. The summed E-state index contributed by atoms with van der Waals surface area (Å²) in [6.07, 6.45) is 0.858. The van der Waals surface area contributed by atoms with Crippen molar-refractivity contribution >= 4 is 5.91 Å². The van der Waals surface area contributed by atoms with Crippen molar-refractivity contribution in [1.29, 1.82) is 0 Å². The Morgan fingerprint density at radius 2 is 2.00 bits per heavy atom. The molecule has 0 bridgehead atoms. The fourth-order valence-corrected chi connectivity index (χ4v) is 4.56. The van der Waals surface area contributed by atoms with E-state index in [1.165, 1.54) is 5.56 Å². The quantitative estimate of drug-likeness (QED) is 0.607. The van der Waals surface area contributed by atoms with Crippen molar-refractivity contribution in [3.8, 4) is 22.6 Å². The number of ether oxygens (including phenoxy) is 3. The van der Waals surface area contributed by atoms with E-state index < -0.39 is 0 Å². The lowest BCUT2D eigenvalue weighted by molar-refractivity contribution is 0.0721. The second-order valence-electron chi connectivity index (χ2n) is 8.75. The van der Waals surface area contributed by atoms with E-state index in [4.69, 9.17) is 14.2 Å². The van der Waals surface area contributed by atoms with Crippen LogP contribution in [0, 0.1) is 13.8 Å². The molecule has 1 aromatic heterocycles. The van der Waals surface area contributed by atoms with Crippen molar-refractivity contribution in [2.45, 2.75) is 32.9 Å². The molecule has 172 valence electrons. The van der Waals surface area contributed by atoms with Gasteiger partial charge in [-0.25, -0.2) is 0 Å². The molecule has 7 nitrogen and oxygen atoms in total. The van der Waals surface area contributed by atoms with E-state index in [0.717, 1.165) is 34.6 Å². The van der Waals surface area contributed by atoms with Crippen LogP contribution in [0.4, 0.5) is 0 Å². The van der Waals surface area contributed by atoms with Gasteiger partial charge in [-0.15, -0.1) is 0 Å². The Labute approximate surface area is 193 Å². The summed E-state index contributed by atoms with van der Waals surface area (Å²) in [4.78, 5) is 15.2. The number of fused-ring (bicyclic) bond motifs is 1. The molecule has 2 aliphatic rings. The van der Waals surface area contributed by atoms with Crippen LogP contribution in [0.25, 0.3) is 11.1 Å². The maximum Gasteiger partial charge on any atom is 0.272 e. The zero-order valence-electron chi connectivity index (χ0n) is 19.3. The van der Waals surface area contributed by atoms with Crippen molar-refractivity contribution in [3.63, 3.8) is 0 Å². The Balaban J connectivity index is 1.54. The molecule has 1 amide bonds. The number of benzene rings is 2.